The first-order valence-electron chi connectivity index (χ1n) is 8.35. The van der Waals surface area contributed by atoms with Crippen LogP contribution < -0.4 is 21.3 Å². The van der Waals surface area contributed by atoms with Crippen molar-refractivity contribution in [3.63, 3.8) is 0 Å². The number of pyridine rings is 1. The molecule has 3 heterocycles. The molecule has 1 aliphatic heterocycles. The van der Waals surface area contributed by atoms with Gasteiger partial charge in [-0.1, -0.05) is 11.6 Å². The Kier molecular flexibility index (Phi) is 4.27. The molecule has 0 saturated heterocycles. The van der Waals surface area contributed by atoms with Gasteiger partial charge in [0, 0.05) is 24.7 Å². The maximum atomic E-state index is 12.6. The molecule has 1 N–H and O–H groups in total. The van der Waals surface area contributed by atoms with Crippen molar-refractivity contribution in [2.24, 2.45) is 14.1 Å². The first-order chi connectivity index (χ1) is 13.3. The summed E-state index contributed by atoms with van der Waals surface area (Å²) in [7, 11) is 2.92. The molecule has 0 bridgehead atoms. The summed E-state index contributed by atoms with van der Waals surface area (Å²) in [5.41, 5.74) is 0.752. The third-order valence-electron chi connectivity index (χ3n) is 4.53. The highest BCUT2D eigenvalue weighted by molar-refractivity contribution is 6.30. The van der Waals surface area contributed by atoms with E-state index in [0.29, 0.717) is 27.6 Å². The number of ether oxygens (including phenoxy) is 1. The van der Waals surface area contributed by atoms with E-state index in [9.17, 15) is 14.4 Å². The maximum absolute atomic E-state index is 12.6. The fourth-order valence-electron chi connectivity index (χ4n) is 3.02. The lowest BCUT2D eigenvalue weighted by atomic mass is 10.1. The van der Waals surface area contributed by atoms with Crippen molar-refractivity contribution < 1.29 is 9.53 Å². The number of anilines is 1. The zero-order chi connectivity index (χ0) is 20.0. The number of rotatable bonds is 2. The topological polar surface area (TPSA) is 95.2 Å². The number of benzene rings is 1. The summed E-state index contributed by atoms with van der Waals surface area (Å²) in [6.45, 7) is 0.109. The minimum Gasteiger partial charge on any atom is -0.488 e. The fourth-order valence-corrected chi connectivity index (χ4v) is 3.21. The Labute approximate surface area is 163 Å². The van der Waals surface area contributed by atoms with Crippen LogP contribution in [0.3, 0.4) is 0 Å². The first kappa shape index (κ1) is 18.0. The first-order valence-corrected chi connectivity index (χ1v) is 8.73. The number of hydrogen-bond acceptors (Lipinski definition) is 5. The number of aromatic nitrogens is 3. The molecule has 0 spiro atoms. The van der Waals surface area contributed by atoms with E-state index in [4.69, 9.17) is 16.3 Å². The lowest BCUT2D eigenvalue weighted by Crippen LogP contribution is -2.37. The Balaban J connectivity index is 1.68. The Hall–Kier alpha value is -3.39. The molecule has 1 amide bonds. The van der Waals surface area contributed by atoms with Gasteiger partial charge in [-0.3, -0.25) is 18.7 Å². The van der Waals surface area contributed by atoms with E-state index in [1.807, 2.05) is 0 Å². The number of halogens is 1. The molecular weight excluding hydrogens is 384 g/mol. The summed E-state index contributed by atoms with van der Waals surface area (Å²) < 4.78 is 7.86. The van der Waals surface area contributed by atoms with Gasteiger partial charge in [0.15, 0.2) is 0 Å². The van der Waals surface area contributed by atoms with Gasteiger partial charge in [0.1, 0.15) is 18.0 Å². The molecule has 2 aromatic heterocycles. The van der Waals surface area contributed by atoms with E-state index in [1.54, 1.807) is 24.3 Å². The molecule has 4 rings (SSSR count). The van der Waals surface area contributed by atoms with Crippen LogP contribution in [0, 0.1) is 0 Å². The molecule has 142 valence electrons. The van der Waals surface area contributed by atoms with Gasteiger partial charge in [-0.2, -0.15) is 0 Å². The SMILES string of the molecule is Cn1c(=O)c2cc(NC(=O)C3=Cc4cc(Cl)ccc4OC3)cnc2n(C)c1=O. The van der Waals surface area contributed by atoms with Crippen molar-refractivity contribution in [1.82, 2.24) is 14.1 Å². The minimum absolute atomic E-state index is 0.109. The second kappa shape index (κ2) is 6.65. The van der Waals surface area contributed by atoms with Crippen LogP contribution in [0.2, 0.25) is 5.02 Å². The molecule has 28 heavy (non-hydrogen) atoms. The predicted molar refractivity (Wildman–Crippen MR) is 106 cm³/mol. The van der Waals surface area contributed by atoms with Crippen molar-refractivity contribution in [3.05, 3.63) is 67.5 Å². The summed E-state index contributed by atoms with van der Waals surface area (Å²) >= 11 is 5.99. The highest BCUT2D eigenvalue weighted by Gasteiger charge is 2.18. The number of fused-ring (bicyclic) bond motifs is 2. The summed E-state index contributed by atoms with van der Waals surface area (Å²) in [6, 6.07) is 6.67. The molecule has 0 atom stereocenters. The second-order valence-corrected chi connectivity index (χ2v) is 6.83. The number of amides is 1. The number of carbonyl (C=O) groups is 1. The molecule has 0 unspecified atom stereocenters. The quantitative estimate of drug-likeness (QED) is 0.709. The van der Waals surface area contributed by atoms with Gasteiger partial charge < -0.3 is 10.1 Å². The number of nitrogens with one attached hydrogen (secondary N) is 1. The Morgan fingerprint density at radius 3 is 2.79 bits per heavy atom. The molecule has 0 saturated carbocycles. The van der Waals surface area contributed by atoms with Gasteiger partial charge in [-0.25, -0.2) is 9.78 Å². The van der Waals surface area contributed by atoms with Crippen LogP contribution in [0.1, 0.15) is 5.56 Å². The predicted octanol–water partition coefficient (Wildman–Crippen LogP) is 1.70. The van der Waals surface area contributed by atoms with Crippen LogP contribution in [0.15, 0.2) is 45.6 Å². The molecule has 1 aliphatic rings. The van der Waals surface area contributed by atoms with Gasteiger partial charge in [0.25, 0.3) is 11.5 Å². The number of hydrogen-bond donors (Lipinski definition) is 1. The van der Waals surface area contributed by atoms with E-state index in [2.05, 4.69) is 10.3 Å². The van der Waals surface area contributed by atoms with Crippen LogP contribution >= 0.6 is 11.6 Å². The number of aryl methyl sites for hydroxylation is 1. The summed E-state index contributed by atoms with van der Waals surface area (Å²) in [6.07, 6.45) is 3.10. The highest BCUT2D eigenvalue weighted by atomic mass is 35.5. The monoisotopic (exact) mass is 398 g/mol. The summed E-state index contributed by atoms with van der Waals surface area (Å²) in [4.78, 5) is 41.1. The Morgan fingerprint density at radius 2 is 2.00 bits per heavy atom. The van der Waals surface area contributed by atoms with E-state index in [0.717, 1.165) is 4.57 Å². The second-order valence-electron chi connectivity index (χ2n) is 6.40. The molecule has 8 nitrogen and oxygen atoms in total. The van der Waals surface area contributed by atoms with Crippen LogP contribution in [-0.4, -0.2) is 26.6 Å². The highest BCUT2D eigenvalue weighted by Crippen LogP contribution is 2.29. The molecule has 9 heteroatoms. The molecule has 0 fully saturated rings. The van der Waals surface area contributed by atoms with E-state index in [1.165, 1.54) is 30.9 Å². The maximum Gasteiger partial charge on any atom is 0.332 e. The zero-order valence-corrected chi connectivity index (χ0v) is 15.8. The van der Waals surface area contributed by atoms with Gasteiger partial charge in [0.2, 0.25) is 0 Å². The molecule has 1 aromatic carbocycles. The van der Waals surface area contributed by atoms with Crippen molar-refractivity contribution in [2.75, 3.05) is 11.9 Å². The molecule has 0 radical (unpaired) electrons. The average Bonchev–Trinajstić information content (AvgIpc) is 2.70. The Morgan fingerprint density at radius 1 is 1.21 bits per heavy atom. The number of nitrogens with zero attached hydrogens (tertiary/aromatic N) is 3. The Bertz CT molecular complexity index is 1290. The van der Waals surface area contributed by atoms with Gasteiger partial charge in [0.05, 0.1) is 22.8 Å². The van der Waals surface area contributed by atoms with E-state index >= 15 is 0 Å². The average molecular weight is 399 g/mol. The van der Waals surface area contributed by atoms with Crippen molar-refractivity contribution in [3.8, 4) is 5.75 Å². The molecule has 3 aromatic rings. The van der Waals surface area contributed by atoms with E-state index in [-0.39, 0.29) is 23.5 Å². The number of carbonyl (C=O) groups excluding carboxylic acids is 1. The molecular formula is C19H15ClN4O4. The minimum atomic E-state index is -0.481. The van der Waals surface area contributed by atoms with Crippen LogP contribution in [-0.2, 0) is 18.9 Å². The van der Waals surface area contributed by atoms with Crippen molar-refractivity contribution in [2.45, 2.75) is 0 Å². The normalized spacial score (nSPS) is 12.9. The third kappa shape index (κ3) is 2.97. The van der Waals surface area contributed by atoms with Crippen LogP contribution in [0.5, 0.6) is 5.75 Å². The zero-order valence-electron chi connectivity index (χ0n) is 15.0. The van der Waals surface area contributed by atoms with E-state index < -0.39 is 11.2 Å². The van der Waals surface area contributed by atoms with Gasteiger partial charge >= 0.3 is 5.69 Å². The lowest BCUT2D eigenvalue weighted by Gasteiger charge is -2.18. The van der Waals surface area contributed by atoms with Crippen molar-refractivity contribution >= 4 is 40.3 Å². The molecule has 0 aliphatic carbocycles. The smallest absolute Gasteiger partial charge is 0.332 e. The summed E-state index contributed by atoms with van der Waals surface area (Å²) in [5, 5.41) is 3.48. The largest absolute Gasteiger partial charge is 0.488 e. The van der Waals surface area contributed by atoms with Gasteiger partial charge in [-0.05, 0) is 30.3 Å². The standard InChI is InChI=1S/C19H15ClN4O4/c1-23-16-14(18(26)24(2)19(23)27)7-13(8-21-16)22-17(25)11-5-10-6-12(20)3-4-15(10)28-9-11/h3-8H,9H2,1-2H3,(H,22,25). The lowest BCUT2D eigenvalue weighted by molar-refractivity contribution is -0.113. The van der Waals surface area contributed by atoms with Crippen molar-refractivity contribution in [1.29, 1.82) is 0 Å². The summed E-state index contributed by atoms with van der Waals surface area (Å²) in [5.74, 6) is 0.270. The van der Waals surface area contributed by atoms with Crippen LogP contribution in [0.4, 0.5) is 5.69 Å². The van der Waals surface area contributed by atoms with Gasteiger partial charge in [-0.15, -0.1) is 0 Å². The third-order valence-corrected chi connectivity index (χ3v) is 4.76. The van der Waals surface area contributed by atoms with Crippen LogP contribution in [0.25, 0.3) is 17.1 Å². The fraction of sp³-hybridized carbons (Fsp3) is 0.158.